The first-order valence-corrected chi connectivity index (χ1v) is 7.86. The van der Waals surface area contributed by atoms with Crippen molar-refractivity contribution >= 4 is 11.6 Å². The van der Waals surface area contributed by atoms with Crippen molar-refractivity contribution < 1.29 is 14.0 Å². The third-order valence-electron chi connectivity index (χ3n) is 4.42. The molecule has 118 valence electrons. The average Bonchev–Trinajstić information content (AvgIpc) is 2.98. The van der Waals surface area contributed by atoms with Crippen LogP contribution in [-0.2, 0) is 16.1 Å². The van der Waals surface area contributed by atoms with Gasteiger partial charge in [-0.1, -0.05) is 24.2 Å². The number of oxime groups is 1. The second kappa shape index (κ2) is 6.46. The normalized spacial score (nSPS) is 22.4. The smallest absolute Gasteiger partial charge is 0.266 e. The van der Waals surface area contributed by atoms with E-state index in [9.17, 15) is 9.18 Å². The third-order valence-corrected chi connectivity index (χ3v) is 4.42. The van der Waals surface area contributed by atoms with E-state index in [4.69, 9.17) is 4.84 Å². The van der Waals surface area contributed by atoms with Crippen molar-refractivity contribution in [3.63, 3.8) is 0 Å². The van der Waals surface area contributed by atoms with E-state index < -0.39 is 6.10 Å². The molecule has 3 rings (SSSR count). The number of piperidine rings is 1. The number of halogens is 1. The topological polar surface area (TPSA) is 41.9 Å². The predicted octanol–water partition coefficient (Wildman–Crippen LogP) is 2.77. The first kappa shape index (κ1) is 15.0. The van der Waals surface area contributed by atoms with Crippen LogP contribution < -0.4 is 0 Å². The van der Waals surface area contributed by atoms with Crippen LogP contribution in [0.15, 0.2) is 29.4 Å². The Bertz CT molecular complexity index is 563. The molecule has 2 aliphatic heterocycles. The maximum absolute atomic E-state index is 12.9. The van der Waals surface area contributed by atoms with Crippen molar-refractivity contribution in [3.05, 3.63) is 35.6 Å². The summed E-state index contributed by atoms with van der Waals surface area (Å²) in [5, 5.41) is 4.04. The van der Waals surface area contributed by atoms with E-state index in [1.807, 2.05) is 4.90 Å². The maximum Gasteiger partial charge on any atom is 0.266 e. The molecule has 2 aliphatic rings. The monoisotopic (exact) mass is 304 g/mol. The summed E-state index contributed by atoms with van der Waals surface area (Å²) in [6, 6.07) is 6.34. The van der Waals surface area contributed by atoms with E-state index in [0.717, 1.165) is 37.2 Å². The summed E-state index contributed by atoms with van der Waals surface area (Å²) in [7, 11) is 0. The summed E-state index contributed by atoms with van der Waals surface area (Å²) in [5.41, 5.74) is 1.82. The Kier molecular flexibility index (Phi) is 4.41. The minimum Gasteiger partial charge on any atom is -0.382 e. The summed E-state index contributed by atoms with van der Waals surface area (Å²) in [6.07, 6.45) is 2.76. The van der Waals surface area contributed by atoms with Crippen LogP contribution in [0.3, 0.4) is 0 Å². The standard InChI is InChI=1S/C17H21FN2O2/c1-12-6-8-20(9-7-12)17(21)16-11-15(19-22-16)10-13-2-4-14(18)5-3-13/h2-5,12,16H,6-11H2,1H3. The number of nitrogens with zero attached hydrogens (tertiary/aromatic N) is 2. The number of rotatable bonds is 3. The van der Waals surface area contributed by atoms with Crippen molar-refractivity contribution in [2.45, 2.75) is 38.7 Å². The molecule has 22 heavy (non-hydrogen) atoms. The summed E-state index contributed by atoms with van der Waals surface area (Å²) in [5.74, 6) is 0.490. The van der Waals surface area contributed by atoms with Gasteiger partial charge in [0.2, 0.25) is 6.10 Å². The third kappa shape index (κ3) is 3.46. The van der Waals surface area contributed by atoms with Crippen LogP contribution in [0.1, 0.15) is 31.7 Å². The molecule has 2 heterocycles. The van der Waals surface area contributed by atoms with Crippen LogP contribution in [0.2, 0.25) is 0 Å². The lowest BCUT2D eigenvalue weighted by atomic mass is 9.98. The maximum atomic E-state index is 12.9. The SMILES string of the molecule is CC1CCN(C(=O)C2CC(Cc3ccc(F)cc3)=NO2)CC1. The number of carbonyl (C=O) groups is 1. The molecule has 0 N–H and O–H groups in total. The zero-order valence-corrected chi connectivity index (χ0v) is 12.8. The van der Waals surface area contributed by atoms with E-state index in [2.05, 4.69) is 12.1 Å². The highest BCUT2D eigenvalue weighted by atomic mass is 19.1. The summed E-state index contributed by atoms with van der Waals surface area (Å²) >= 11 is 0. The molecular formula is C17H21FN2O2. The summed E-state index contributed by atoms with van der Waals surface area (Å²) < 4.78 is 12.9. The molecule has 1 amide bonds. The first-order chi connectivity index (χ1) is 10.6. The molecule has 5 heteroatoms. The van der Waals surface area contributed by atoms with Crippen LogP contribution >= 0.6 is 0 Å². The van der Waals surface area contributed by atoms with Gasteiger partial charge in [0.25, 0.3) is 5.91 Å². The molecule has 4 nitrogen and oxygen atoms in total. The number of benzene rings is 1. The average molecular weight is 304 g/mol. The molecule has 0 aliphatic carbocycles. The van der Waals surface area contributed by atoms with Crippen molar-refractivity contribution in [1.29, 1.82) is 0 Å². The molecule has 1 fully saturated rings. The van der Waals surface area contributed by atoms with Gasteiger partial charge in [-0.05, 0) is 36.5 Å². The van der Waals surface area contributed by atoms with Crippen LogP contribution in [0.5, 0.6) is 0 Å². The van der Waals surface area contributed by atoms with Gasteiger partial charge in [-0.2, -0.15) is 0 Å². The van der Waals surface area contributed by atoms with Crippen molar-refractivity contribution in [1.82, 2.24) is 4.90 Å². The lowest BCUT2D eigenvalue weighted by Gasteiger charge is -2.31. The number of carbonyl (C=O) groups excluding carboxylic acids is 1. The van der Waals surface area contributed by atoms with Gasteiger partial charge in [-0.3, -0.25) is 4.79 Å². The number of hydrogen-bond acceptors (Lipinski definition) is 3. The van der Waals surface area contributed by atoms with Crippen molar-refractivity contribution in [2.24, 2.45) is 11.1 Å². The Morgan fingerprint density at radius 2 is 2.00 bits per heavy atom. The Labute approximate surface area is 129 Å². The second-order valence-corrected chi connectivity index (χ2v) is 6.27. The fourth-order valence-corrected chi connectivity index (χ4v) is 2.93. The fraction of sp³-hybridized carbons (Fsp3) is 0.529. The zero-order valence-electron chi connectivity index (χ0n) is 12.8. The fourth-order valence-electron chi connectivity index (χ4n) is 2.93. The molecule has 1 atom stereocenters. The van der Waals surface area contributed by atoms with Gasteiger partial charge in [-0.15, -0.1) is 0 Å². The van der Waals surface area contributed by atoms with E-state index >= 15 is 0 Å². The zero-order chi connectivity index (χ0) is 15.5. The lowest BCUT2D eigenvalue weighted by molar-refractivity contribution is -0.143. The Balaban J connectivity index is 1.52. The van der Waals surface area contributed by atoms with Gasteiger partial charge in [0.05, 0.1) is 5.71 Å². The van der Waals surface area contributed by atoms with E-state index in [-0.39, 0.29) is 11.7 Å². The molecule has 1 aromatic rings. The molecule has 1 unspecified atom stereocenters. The Morgan fingerprint density at radius 3 is 2.68 bits per heavy atom. The minimum absolute atomic E-state index is 0.0461. The molecular weight excluding hydrogens is 283 g/mol. The van der Waals surface area contributed by atoms with E-state index in [1.54, 1.807) is 12.1 Å². The summed E-state index contributed by atoms with van der Waals surface area (Å²) in [6.45, 7) is 3.85. The van der Waals surface area contributed by atoms with E-state index in [1.165, 1.54) is 12.1 Å². The van der Waals surface area contributed by atoms with Gasteiger partial charge >= 0.3 is 0 Å². The van der Waals surface area contributed by atoms with Crippen LogP contribution in [0.25, 0.3) is 0 Å². The Morgan fingerprint density at radius 1 is 1.32 bits per heavy atom. The van der Waals surface area contributed by atoms with Crippen molar-refractivity contribution in [3.8, 4) is 0 Å². The van der Waals surface area contributed by atoms with Crippen LogP contribution in [0.4, 0.5) is 4.39 Å². The number of hydrogen-bond donors (Lipinski definition) is 0. The quantitative estimate of drug-likeness (QED) is 0.861. The van der Waals surface area contributed by atoms with Crippen molar-refractivity contribution in [2.75, 3.05) is 13.1 Å². The highest BCUT2D eigenvalue weighted by Crippen LogP contribution is 2.21. The molecule has 0 aromatic heterocycles. The molecule has 1 saturated heterocycles. The first-order valence-electron chi connectivity index (χ1n) is 7.86. The molecule has 0 radical (unpaired) electrons. The van der Waals surface area contributed by atoms with Gasteiger partial charge in [0.15, 0.2) is 0 Å². The Hall–Kier alpha value is -1.91. The van der Waals surface area contributed by atoms with Gasteiger partial charge < -0.3 is 9.74 Å². The largest absolute Gasteiger partial charge is 0.382 e. The number of likely N-dealkylation sites (tertiary alicyclic amines) is 1. The molecule has 0 spiro atoms. The second-order valence-electron chi connectivity index (χ2n) is 6.27. The van der Waals surface area contributed by atoms with E-state index in [0.29, 0.717) is 18.8 Å². The molecule has 0 bridgehead atoms. The highest BCUT2D eigenvalue weighted by Gasteiger charge is 2.33. The predicted molar refractivity (Wildman–Crippen MR) is 82.0 cm³/mol. The lowest BCUT2D eigenvalue weighted by Crippen LogP contribution is -2.43. The molecule has 1 aromatic carbocycles. The van der Waals surface area contributed by atoms with Crippen LogP contribution in [0, 0.1) is 11.7 Å². The summed E-state index contributed by atoms with van der Waals surface area (Å²) in [4.78, 5) is 19.6. The van der Waals surface area contributed by atoms with Crippen LogP contribution in [-0.4, -0.2) is 35.7 Å². The highest BCUT2D eigenvalue weighted by molar-refractivity contribution is 5.94. The number of amides is 1. The van der Waals surface area contributed by atoms with Gasteiger partial charge in [-0.25, -0.2) is 4.39 Å². The molecule has 0 saturated carbocycles. The minimum atomic E-state index is -0.483. The van der Waals surface area contributed by atoms with Gasteiger partial charge in [0, 0.05) is 25.9 Å². The van der Waals surface area contributed by atoms with Gasteiger partial charge in [0.1, 0.15) is 5.82 Å².